The lowest BCUT2D eigenvalue weighted by Crippen LogP contribution is -2.12. The molecule has 112 valence electrons. The Kier molecular flexibility index (Phi) is 6.61. The Balaban J connectivity index is 1.79. The van der Waals surface area contributed by atoms with Crippen molar-refractivity contribution in [3.8, 4) is 11.8 Å². The molecule has 0 amide bonds. The fraction of sp³-hybridized carbons (Fsp3) is 0.524. The molecule has 0 N–H and O–H groups in total. The summed E-state index contributed by atoms with van der Waals surface area (Å²) in [7, 11) is 0. The molecular formula is C21H28. The summed E-state index contributed by atoms with van der Waals surface area (Å²) in [5, 5.41) is 0. The minimum Gasteiger partial charge on any atom is -0.0730 e. The van der Waals surface area contributed by atoms with Gasteiger partial charge in [0.05, 0.1) is 0 Å². The van der Waals surface area contributed by atoms with E-state index in [4.69, 9.17) is 0 Å². The van der Waals surface area contributed by atoms with E-state index in [2.05, 4.69) is 62.1 Å². The molecule has 1 aliphatic carbocycles. The highest BCUT2D eigenvalue weighted by Gasteiger charge is 2.18. The topological polar surface area (TPSA) is 0 Å². The maximum atomic E-state index is 3.23. The maximum Gasteiger partial charge on any atom is 0.0249 e. The molecule has 1 aromatic rings. The molecule has 1 fully saturated rings. The Morgan fingerprint density at radius 1 is 1.05 bits per heavy atom. The minimum absolute atomic E-state index is 0.759. The largest absolute Gasteiger partial charge is 0.0730 e. The Hall–Kier alpha value is -1.48. The molecule has 2 rings (SSSR count). The van der Waals surface area contributed by atoms with E-state index in [9.17, 15) is 0 Å². The summed E-state index contributed by atoms with van der Waals surface area (Å²) < 4.78 is 0. The van der Waals surface area contributed by atoms with E-state index in [1.807, 2.05) is 0 Å². The van der Waals surface area contributed by atoms with Gasteiger partial charge < -0.3 is 0 Å². The SMILES string of the molecule is CCCC1CCC(C=CC#Cc2ccc(CC)cc2)CC1. The lowest BCUT2D eigenvalue weighted by Gasteiger charge is -2.26. The van der Waals surface area contributed by atoms with Crippen LogP contribution in [0.5, 0.6) is 0 Å². The van der Waals surface area contributed by atoms with E-state index in [1.54, 1.807) is 0 Å². The fourth-order valence-corrected chi connectivity index (χ4v) is 3.21. The van der Waals surface area contributed by atoms with Gasteiger partial charge in [-0.2, -0.15) is 0 Å². The van der Waals surface area contributed by atoms with E-state index >= 15 is 0 Å². The molecular weight excluding hydrogens is 252 g/mol. The van der Waals surface area contributed by atoms with E-state index < -0.39 is 0 Å². The van der Waals surface area contributed by atoms with Crippen molar-refractivity contribution < 1.29 is 0 Å². The molecule has 21 heavy (non-hydrogen) atoms. The predicted octanol–water partition coefficient (Wildman–Crippen LogP) is 5.76. The van der Waals surface area contributed by atoms with Crippen molar-refractivity contribution >= 4 is 0 Å². The number of aryl methyl sites for hydroxylation is 1. The van der Waals surface area contributed by atoms with Gasteiger partial charge >= 0.3 is 0 Å². The second-order valence-electron chi connectivity index (χ2n) is 6.25. The Morgan fingerprint density at radius 2 is 1.76 bits per heavy atom. The molecule has 0 spiro atoms. The van der Waals surface area contributed by atoms with Gasteiger partial charge in [-0.1, -0.05) is 56.7 Å². The summed E-state index contributed by atoms with van der Waals surface area (Å²) in [6.07, 6.45) is 13.8. The van der Waals surface area contributed by atoms with Crippen molar-refractivity contribution in [2.75, 3.05) is 0 Å². The number of hydrogen-bond acceptors (Lipinski definition) is 0. The zero-order valence-corrected chi connectivity index (χ0v) is 13.6. The first-order valence-corrected chi connectivity index (χ1v) is 8.59. The van der Waals surface area contributed by atoms with Gasteiger partial charge in [-0.3, -0.25) is 0 Å². The van der Waals surface area contributed by atoms with Crippen molar-refractivity contribution in [3.63, 3.8) is 0 Å². The van der Waals surface area contributed by atoms with Crippen LogP contribution in [-0.4, -0.2) is 0 Å². The lowest BCUT2D eigenvalue weighted by atomic mass is 9.80. The zero-order chi connectivity index (χ0) is 14.9. The van der Waals surface area contributed by atoms with E-state index in [1.165, 1.54) is 44.1 Å². The van der Waals surface area contributed by atoms with Crippen molar-refractivity contribution in [1.82, 2.24) is 0 Å². The van der Waals surface area contributed by atoms with Gasteiger partial charge in [0, 0.05) is 5.56 Å². The van der Waals surface area contributed by atoms with Crippen LogP contribution in [0, 0.1) is 23.7 Å². The fourth-order valence-electron chi connectivity index (χ4n) is 3.21. The predicted molar refractivity (Wildman–Crippen MR) is 92.2 cm³/mol. The van der Waals surface area contributed by atoms with Crippen LogP contribution in [-0.2, 0) is 6.42 Å². The Labute approximate surface area is 130 Å². The first-order chi connectivity index (χ1) is 10.3. The van der Waals surface area contributed by atoms with Crippen molar-refractivity contribution in [1.29, 1.82) is 0 Å². The van der Waals surface area contributed by atoms with Crippen LogP contribution < -0.4 is 0 Å². The molecule has 0 atom stereocenters. The van der Waals surface area contributed by atoms with Crippen LogP contribution in [0.3, 0.4) is 0 Å². The first kappa shape index (κ1) is 15.9. The lowest BCUT2D eigenvalue weighted by molar-refractivity contribution is 0.294. The molecule has 0 aromatic heterocycles. The third-order valence-electron chi connectivity index (χ3n) is 4.62. The van der Waals surface area contributed by atoms with Crippen LogP contribution >= 0.6 is 0 Å². The summed E-state index contributed by atoms with van der Waals surface area (Å²) in [6, 6.07) is 8.58. The second-order valence-corrected chi connectivity index (χ2v) is 6.25. The quantitative estimate of drug-likeness (QED) is 0.615. The molecule has 0 heterocycles. The number of allylic oxidation sites excluding steroid dienone is 2. The number of benzene rings is 1. The van der Waals surface area contributed by atoms with Crippen LogP contribution in [0.25, 0.3) is 0 Å². The van der Waals surface area contributed by atoms with E-state index in [0.29, 0.717) is 0 Å². The van der Waals surface area contributed by atoms with Gasteiger partial charge in [-0.15, -0.1) is 0 Å². The number of hydrogen-bond donors (Lipinski definition) is 0. The zero-order valence-electron chi connectivity index (χ0n) is 13.6. The molecule has 0 saturated heterocycles. The highest BCUT2D eigenvalue weighted by Crippen LogP contribution is 2.31. The average Bonchev–Trinajstić information content (AvgIpc) is 2.54. The molecule has 0 radical (unpaired) electrons. The maximum absolute atomic E-state index is 3.23. The van der Waals surface area contributed by atoms with Crippen molar-refractivity contribution in [2.45, 2.75) is 58.8 Å². The van der Waals surface area contributed by atoms with Crippen molar-refractivity contribution in [2.24, 2.45) is 11.8 Å². The average molecular weight is 280 g/mol. The summed E-state index contributed by atoms with van der Waals surface area (Å²) in [5.41, 5.74) is 2.49. The highest BCUT2D eigenvalue weighted by molar-refractivity contribution is 5.38. The molecule has 0 bridgehead atoms. The summed E-state index contributed by atoms with van der Waals surface area (Å²) >= 11 is 0. The smallest absolute Gasteiger partial charge is 0.0249 e. The normalized spacial score (nSPS) is 22.0. The third kappa shape index (κ3) is 5.43. The van der Waals surface area contributed by atoms with Gasteiger partial charge in [0.25, 0.3) is 0 Å². The second kappa shape index (κ2) is 8.73. The highest BCUT2D eigenvalue weighted by atomic mass is 14.2. The first-order valence-electron chi connectivity index (χ1n) is 8.59. The molecule has 0 unspecified atom stereocenters. The van der Waals surface area contributed by atoms with Gasteiger partial charge in [0.1, 0.15) is 0 Å². The molecule has 0 aliphatic heterocycles. The Bertz CT molecular complexity index is 487. The van der Waals surface area contributed by atoms with E-state index in [-0.39, 0.29) is 0 Å². The molecule has 1 aliphatic rings. The monoisotopic (exact) mass is 280 g/mol. The molecule has 0 nitrogen and oxygen atoms in total. The van der Waals surface area contributed by atoms with Gasteiger partial charge in [0.2, 0.25) is 0 Å². The molecule has 1 saturated carbocycles. The number of rotatable bonds is 4. The molecule has 1 aromatic carbocycles. The van der Waals surface area contributed by atoms with E-state index in [0.717, 1.165) is 23.8 Å². The Morgan fingerprint density at radius 3 is 2.38 bits per heavy atom. The third-order valence-corrected chi connectivity index (χ3v) is 4.62. The summed E-state index contributed by atoms with van der Waals surface area (Å²) in [6.45, 7) is 4.48. The molecule has 0 heteroatoms. The van der Waals surface area contributed by atoms with Crippen LogP contribution in [0.4, 0.5) is 0 Å². The van der Waals surface area contributed by atoms with Gasteiger partial charge in [-0.25, -0.2) is 0 Å². The van der Waals surface area contributed by atoms with Gasteiger partial charge in [-0.05, 0) is 67.7 Å². The summed E-state index contributed by atoms with van der Waals surface area (Å²) in [5.74, 6) is 8.17. The standard InChI is InChI=1S/C21H28/c1-3-7-19-14-16-21(17-15-19)9-6-5-8-20-12-10-18(4-2)11-13-20/h6,9-13,19,21H,3-4,7,14-17H2,1-2H3. The minimum atomic E-state index is 0.759. The van der Waals surface area contributed by atoms with Crippen LogP contribution in [0.2, 0.25) is 0 Å². The summed E-state index contributed by atoms with van der Waals surface area (Å²) in [4.78, 5) is 0. The van der Waals surface area contributed by atoms with Crippen LogP contribution in [0.1, 0.15) is 63.5 Å². The van der Waals surface area contributed by atoms with Gasteiger partial charge in [0.15, 0.2) is 0 Å². The van der Waals surface area contributed by atoms with Crippen molar-refractivity contribution in [3.05, 3.63) is 47.5 Å². The van der Waals surface area contributed by atoms with Crippen LogP contribution in [0.15, 0.2) is 36.4 Å².